The average molecular weight is 351 g/mol. The second-order valence-electron chi connectivity index (χ2n) is 7.69. The number of rotatable bonds is 1. The van der Waals surface area contributed by atoms with Gasteiger partial charge in [0.05, 0.1) is 16.8 Å². The number of hydrogen-bond donors (Lipinski definition) is 0. The molecule has 1 unspecified atom stereocenters. The Kier molecular flexibility index (Phi) is 3.98. The SMILES string of the molecule is Cc1nc2c(C)cccc2cc1C(=O)N1CCCC12CCCN(C)C2=O. The standard InChI is InChI=1S/C21H25N3O2/c1-14-7-4-8-16-13-17(15(2)22-18(14)16)19(25)24-12-6-10-21(24)9-5-11-23(3)20(21)26/h4,7-8,13H,5-6,9-12H2,1-3H3. The van der Waals surface area contributed by atoms with Crippen LogP contribution < -0.4 is 0 Å². The normalized spacial score (nSPS) is 23.3. The van der Waals surface area contributed by atoms with Gasteiger partial charge in [0.2, 0.25) is 5.91 Å². The van der Waals surface area contributed by atoms with Crippen molar-refractivity contribution < 1.29 is 9.59 Å². The van der Waals surface area contributed by atoms with Crippen LogP contribution in [-0.2, 0) is 4.79 Å². The molecule has 5 heteroatoms. The molecule has 2 aliphatic heterocycles. The summed E-state index contributed by atoms with van der Waals surface area (Å²) in [5.74, 6) is 0.0383. The van der Waals surface area contributed by atoms with Crippen LogP contribution in [-0.4, -0.2) is 52.3 Å². The van der Waals surface area contributed by atoms with Crippen molar-refractivity contribution in [1.29, 1.82) is 0 Å². The maximum absolute atomic E-state index is 13.4. The highest BCUT2D eigenvalue weighted by Crippen LogP contribution is 2.39. The summed E-state index contributed by atoms with van der Waals surface area (Å²) >= 11 is 0. The van der Waals surface area contributed by atoms with Crippen molar-refractivity contribution in [3.8, 4) is 0 Å². The molecule has 4 rings (SSSR count). The van der Waals surface area contributed by atoms with Crippen molar-refractivity contribution in [3.63, 3.8) is 0 Å². The lowest BCUT2D eigenvalue weighted by atomic mass is 9.85. The molecule has 2 aromatic rings. The molecule has 0 bridgehead atoms. The number of likely N-dealkylation sites (tertiary alicyclic amines) is 2. The molecule has 136 valence electrons. The number of pyridine rings is 1. The largest absolute Gasteiger partial charge is 0.344 e. The molecule has 1 spiro atoms. The Balaban J connectivity index is 1.76. The number of aryl methyl sites for hydroxylation is 2. The summed E-state index contributed by atoms with van der Waals surface area (Å²) < 4.78 is 0. The molecule has 2 fully saturated rings. The quantitative estimate of drug-likeness (QED) is 0.793. The molecule has 26 heavy (non-hydrogen) atoms. The van der Waals surface area contributed by atoms with E-state index in [4.69, 9.17) is 4.98 Å². The van der Waals surface area contributed by atoms with Crippen molar-refractivity contribution >= 4 is 22.7 Å². The highest BCUT2D eigenvalue weighted by molar-refractivity contribution is 6.02. The summed E-state index contributed by atoms with van der Waals surface area (Å²) in [6, 6.07) is 7.95. The number of carbonyl (C=O) groups is 2. The fraction of sp³-hybridized carbons (Fsp3) is 0.476. The van der Waals surface area contributed by atoms with E-state index in [1.54, 1.807) is 4.90 Å². The molecule has 2 saturated heterocycles. The topological polar surface area (TPSA) is 53.5 Å². The fourth-order valence-corrected chi connectivity index (χ4v) is 4.63. The summed E-state index contributed by atoms with van der Waals surface area (Å²) in [6.45, 7) is 5.33. The van der Waals surface area contributed by atoms with Gasteiger partial charge >= 0.3 is 0 Å². The van der Waals surface area contributed by atoms with Gasteiger partial charge in [0.25, 0.3) is 5.91 Å². The van der Waals surface area contributed by atoms with Crippen molar-refractivity contribution in [1.82, 2.24) is 14.8 Å². The number of aromatic nitrogens is 1. The van der Waals surface area contributed by atoms with Crippen LogP contribution >= 0.6 is 0 Å². The second kappa shape index (κ2) is 6.08. The molecule has 0 saturated carbocycles. The number of carbonyl (C=O) groups excluding carboxylic acids is 2. The minimum atomic E-state index is -0.655. The van der Waals surface area contributed by atoms with Gasteiger partial charge in [0.1, 0.15) is 5.54 Å². The number of fused-ring (bicyclic) bond motifs is 1. The number of amides is 2. The van der Waals surface area contributed by atoms with Gasteiger partial charge in [-0.25, -0.2) is 0 Å². The van der Waals surface area contributed by atoms with Gasteiger partial charge < -0.3 is 9.80 Å². The lowest BCUT2D eigenvalue weighted by Gasteiger charge is -2.43. The van der Waals surface area contributed by atoms with Gasteiger partial charge in [-0.2, -0.15) is 0 Å². The zero-order valence-corrected chi connectivity index (χ0v) is 15.7. The maximum Gasteiger partial charge on any atom is 0.256 e. The van der Waals surface area contributed by atoms with Crippen LogP contribution in [0.25, 0.3) is 10.9 Å². The van der Waals surface area contributed by atoms with Crippen molar-refractivity contribution in [3.05, 3.63) is 41.1 Å². The minimum absolute atomic E-state index is 0.0560. The number of para-hydroxylation sites is 1. The molecule has 1 atom stereocenters. The summed E-state index contributed by atoms with van der Waals surface area (Å²) in [5.41, 5.74) is 2.73. The van der Waals surface area contributed by atoms with E-state index in [0.717, 1.165) is 54.4 Å². The van der Waals surface area contributed by atoms with E-state index >= 15 is 0 Å². The Labute approximate surface area is 154 Å². The molecule has 2 aliphatic rings. The zero-order valence-electron chi connectivity index (χ0n) is 15.7. The van der Waals surface area contributed by atoms with Crippen LogP contribution in [0.3, 0.4) is 0 Å². The first kappa shape index (κ1) is 17.0. The van der Waals surface area contributed by atoms with Crippen LogP contribution in [0.5, 0.6) is 0 Å². The average Bonchev–Trinajstić information content (AvgIpc) is 3.04. The molecular formula is C21H25N3O2. The second-order valence-corrected chi connectivity index (χ2v) is 7.69. The number of likely N-dealkylation sites (N-methyl/N-ethyl adjacent to an activating group) is 1. The molecule has 0 N–H and O–H groups in total. The first-order valence-electron chi connectivity index (χ1n) is 9.38. The Hall–Kier alpha value is -2.43. The van der Waals surface area contributed by atoms with Gasteiger partial charge in [-0.1, -0.05) is 18.2 Å². The van der Waals surface area contributed by atoms with Gasteiger partial charge in [-0.05, 0) is 51.2 Å². The lowest BCUT2D eigenvalue weighted by Crippen LogP contribution is -2.60. The van der Waals surface area contributed by atoms with Gasteiger partial charge in [-0.3, -0.25) is 14.6 Å². The Morgan fingerprint density at radius 1 is 1.15 bits per heavy atom. The van der Waals surface area contributed by atoms with Gasteiger partial charge in [-0.15, -0.1) is 0 Å². The number of piperidine rings is 1. The smallest absolute Gasteiger partial charge is 0.256 e. The van der Waals surface area contributed by atoms with Crippen molar-refractivity contribution in [2.45, 2.75) is 45.1 Å². The third-order valence-electron chi connectivity index (χ3n) is 6.03. The maximum atomic E-state index is 13.4. The van der Waals surface area contributed by atoms with Crippen molar-refractivity contribution in [2.75, 3.05) is 20.1 Å². The first-order chi connectivity index (χ1) is 12.4. The molecule has 2 amide bonds. The van der Waals surface area contributed by atoms with E-state index in [1.165, 1.54) is 0 Å². The van der Waals surface area contributed by atoms with Crippen LogP contribution in [0.15, 0.2) is 24.3 Å². The van der Waals surface area contributed by atoms with Crippen LogP contribution in [0, 0.1) is 13.8 Å². The summed E-state index contributed by atoms with van der Waals surface area (Å²) in [7, 11) is 1.84. The number of hydrogen-bond acceptors (Lipinski definition) is 3. The number of benzene rings is 1. The van der Waals surface area contributed by atoms with E-state index in [-0.39, 0.29) is 11.8 Å². The Morgan fingerprint density at radius 2 is 1.88 bits per heavy atom. The monoisotopic (exact) mass is 351 g/mol. The van der Waals surface area contributed by atoms with E-state index < -0.39 is 5.54 Å². The molecule has 1 aromatic heterocycles. The molecule has 0 radical (unpaired) electrons. The van der Waals surface area contributed by atoms with Gasteiger partial charge in [0.15, 0.2) is 0 Å². The van der Waals surface area contributed by atoms with E-state index in [1.807, 2.05) is 50.1 Å². The lowest BCUT2D eigenvalue weighted by molar-refractivity contribution is -0.144. The van der Waals surface area contributed by atoms with E-state index in [9.17, 15) is 9.59 Å². The predicted molar refractivity (Wildman–Crippen MR) is 101 cm³/mol. The van der Waals surface area contributed by atoms with Crippen LogP contribution in [0.4, 0.5) is 0 Å². The van der Waals surface area contributed by atoms with E-state index in [2.05, 4.69) is 0 Å². The highest BCUT2D eigenvalue weighted by Gasteiger charge is 2.52. The Morgan fingerprint density at radius 3 is 2.65 bits per heavy atom. The van der Waals surface area contributed by atoms with Crippen molar-refractivity contribution in [2.24, 2.45) is 0 Å². The van der Waals surface area contributed by atoms with Gasteiger partial charge in [0, 0.05) is 25.5 Å². The third-order valence-corrected chi connectivity index (χ3v) is 6.03. The van der Waals surface area contributed by atoms with E-state index in [0.29, 0.717) is 12.1 Å². The zero-order chi connectivity index (χ0) is 18.5. The van der Waals surface area contributed by atoms with Crippen LogP contribution in [0.2, 0.25) is 0 Å². The molecule has 0 aliphatic carbocycles. The molecule has 3 heterocycles. The summed E-state index contributed by atoms with van der Waals surface area (Å²) in [6.07, 6.45) is 3.35. The molecule has 5 nitrogen and oxygen atoms in total. The predicted octanol–water partition coefficient (Wildman–Crippen LogP) is 3.08. The third kappa shape index (κ3) is 2.41. The Bertz CT molecular complexity index is 908. The fourth-order valence-electron chi connectivity index (χ4n) is 4.63. The number of nitrogens with zero attached hydrogens (tertiary/aromatic N) is 3. The highest BCUT2D eigenvalue weighted by atomic mass is 16.2. The summed E-state index contributed by atoms with van der Waals surface area (Å²) in [5, 5.41) is 0.972. The molecule has 1 aromatic carbocycles. The summed E-state index contributed by atoms with van der Waals surface area (Å²) in [4.78, 5) is 34.7. The van der Waals surface area contributed by atoms with Crippen LogP contribution in [0.1, 0.15) is 47.3 Å². The minimum Gasteiger partial charge on any atom is -0.344 e. The molecular weight excluding hydrogens is 326 g/mol. The first-order valence-corrected chi connectivity index (χ1v) is 9.38.